The molecule has 3 aromatic rings. The van der Waals surface area contributed by atoms with Gasteiger partial charge in [-0.3, -0.25) is 9.59 Å². The van der Waals surface area contributed by atoms with Gasteiger partial charge in [0, 0.05) is 19.0 Å². The van der Waals surface area contributed by atoms with Crippen LogP contribution >= 0.6 is 23.2 Å². The number of ether oxygens (including phenoxy) is 1. The molecule has 0 saturated carbocycles. The number of methoxy groups -OCH3 is 1. The first-order valence-corrected chi connectivity index (χ1v) is 12.2. The van der Waals surface area contributed by atoms with Crippen molar-refractivity contribution in [1.29, 1.82) is 0 Å². The Morgan fingerprint density at radius 2 is 1.60 bits per heavy atom. The molecule has 0 aliphatic heterocycles. The molecule has 0 spiro atoms. The van der Waals surface area contributed by atoms with Gasteiger partial charge in [-0.1, -0.05) is 71.7 Å². The molecular weight excluding hydrogens is 483 g/mol. The van der Waals surface area contributed by atoms with Gasteiger partial charge in [-0.2, -0.15) is 0 Å². The Balaban J connectivity index is 1.99. The topological polar surface area (TPSA) is 58.6 Å². The first-order valence-electron chi connectivity index (χ1n) is 11.5. The number of hydrogen-bond acceptors (Lipinski definition) is 3. The summed E-state index contributed by atoms with van der Waals surface area (Å²) in [4.78, 5) is 28.8. The average molecular weight is 513 g/mol. The number of carbonyl (C=O) groups excluding carboxylic acids is 2. The molecule has 0 aliphatic carbocycles. The Labute approximate surface area is 217 Å². The maximum absolute atomic E-state index is 13.7. The Morgan fingerprint density at radius 1 is 0.886 bits per heavy atom. The van der Waals surface area contributed by atoms with Gasteiger partial charge in [0.05, 0.1) is 23.6 Å². The third-order valence-corrected chi connectivity index (χ3v) is 6.27. The van der Waals surface area contributed by atoms with E-state index < -0.39 is 6.04 Å². The summed E-state index contributed by atoms with van der Waals surface area (Å²) in [5, 5.41) is 3.80. The third kappa shape index (κ3) is 7.74. The number of nitrogens with one attached hydrogen (secondary N) is 1. The quantitative estimate of drug-likeness (QED) is 0.378. The second-order valence-electron chi connectivity index (χ2n) is 8.67. The molecule has 7 heteroatoms. The number of hydrogen-bond donors (Lipinski definition) is 1. The minimum absolute atomic E-state index is 0.0652. The summed E-state index contributed by atoms with van der Waals surface area (Å²) in [7, 11) is 1.60. The molecule has 1 N–H and O–H groups in total. The summed E-state index contributed by atoms with van der Waals surface area (Å²) in [6.45, 7) is 4.06. The molecule has 0 aromatic heterocycles. The highest BCUT2D eigenvalue weighted by molar-refractivity contribution is 6.42. The Hall–Kier alpha value is -3.02. The van der Waals surface area contributed by atoms with Gasteiger partial charge >= 0.3 is 0 Å². The highest BCUT2D eigenvalue weighted by atomic mass is 35.5. The molecule has 0 heterocycles. The van der Waals surface area contributed by atoms with E-state index in [0.717, 1.165) is 16.7 Å². The predicted octanol–water partition coefficient (Wildman–Crippen LogP) is 5.71. The van der Waals surface area contributed by atoms with Gasteiger partial charge in [-0.15, -0.1) is 0 Å². The van der Waals surface area contributed by atoms with E-state index in [1.54, 1.807) is 30.2 Å². The number of benzene rings is 3. The molecule has 3 rings (SSSR count). The second kappa shape index (κ2) is 12.6. The van der Waals surface area contributed by atoms with Gasteiger partial charge in [-0.25, -0.2) is 0 Å². The van der Waals surface area contributed by atoms with Gasteiger partial charge in [0.1, 0.15) is 11.8 Å². The van der Waals surface area contributed by atoms with Crippen LogP contribution < -0.4 is 10.1 Å². The zero-order valence-electron chi connectivity index (χ0n) is 20.1. The largest absolute Gasteiger partial charge is 0.497 e. The fraction of sp³-hybridized carbons (Fsp3) is 0.286. The monoisotopic (exact) mass is 512 g/mol. The summed E-state index contributed by atoms with van der Waals surface area (Å²) in [5.74, 6) is 0.297. The average Bonchev–Trinajstić information content (AvgIpc) is 2.84. The molecule has 35 heavy (non-hydrogen) atoms. The van der Waals surface area contributed by atoms with Crippen molar-refractivity contribution in [3.05, 3.63) is 99.5 Å². The first kappa shape index (κ1) is 26.6. The summed E-state index contributed by atoms with van der Waals surface area (Å²) < 4.78 is 5.36. The van der Waals surface area contributed by atoms with E-state index in [4.69, 9.17) is 27.9 Å². The molecule has 5 nitrogen and oxygen atoms in total. The Kier molecular flexibility index (Phi) is 9.58. The minimum atomic E-state index is -0.707. The van der Waals surface area contributed by atoms with Crippen LogP contribution in [0, 0.1) is 0 Å². The lowest BCUT2D eigenvalue weighted by Gasteiger charge is -2.32. The maximum Gasteiger partial charge on any atom is 0.243 e. The normalized spacial score (nSPS) is 11.7. The van der Waals surface area contributed by atoms with Gasteiger partial charge in [0.25, 0.3) is 0 Å². The molecule has 3 aromatic carbocycles. The van der Waals surface area contributed by atoms with Crippen LogP contribution in [0.3, 0.4) is 0 Å². The van der Waals surface area contributed by atoms with Crippen molar-refractivity contribution in [3.8, 4) is 5.75 Å². The van der Waals surface area contributed by atoms with Crippen molar-refractivity contribution in [2.24, 2.45) is 0 Å². The van der Waals surface area contributed by atoms with Crippen LogP contribution in [0.5, 0.6) is 5.75 Å². The van der Waals surface area contributed by atoms with Crippen molar-refractivity contribution in [3.63, 3.8) is 0 Å². The molecule has 0 saturated heterocycles. The van der Waals surface area contributed by atoms with Gasteiger partial charge < -0.3 is 15.0 Å². The smallest absolute Gasteiger partial charge is 0.243 e. The van der Waals surface area contributed by atoms with Crippen LogP contribution in [0.15, 0.2) is 72.8 Å². The molecule has 0 aliphatic rings. The number of halogens is 2. The van der Waals surface area contributed by atoms with Crippen LogP contribution in [0.1, 0.15) is 30.5 Å². The third-order valence-electron chi connectivity index (χ3n) is 5.53. The molecule has 184 valence electrons. The van der Waals surface area contributed by atoms with Crippen molar-refractivity contribution < 1.29 is 14.3 Å². The maximum atomic E-state index is 13.7. The Morgan fingerprint density at radius 3 is 2.26 bits per heavy atom. The molecule has 1 atom stereocenters. The molecule has 0 radical (unpaired) electrons. The van der Waals surface area contributed by atoms with E-state index in [1.165, 1.54) is 0 Å². The summed E-state index contributed by atoms with van der Waals surface area (Å²) in [6, 6.07) is 21.6. The molecule has 2 amide bonds. The van der Waals surface area contributed by atoms with E-state index in [1.807, 2.05) is 68.4 Å². The van der Waals surface area contributed by atoms with Crippen molar-refractivity contribution in [1.82, 2.24) is 10.2 Å². The van der Waals surface area contributed by atoms with E-state index in [9.17, 15) is 9.59 Å². The van der Waals surface area contributed by atoms with E-state index in [-0.39, 0.29) is 30.8 Å². The lowest BCUT2D eigenvalue weighted by molar-refractivity contribution is -0.141. The van der Waals surface area contributed by atoms with E-state index in [2.05, 4.69) is 5.32 Å². The van der Waals surface area contributed by atoms with Crippen molar-refractivity contribution in [2.45, 2.75) is 45.3 Å². The zero-order valence-corrected chi connectivity index (χ0v) is 21.6. The number of nitrogens with zero attached hydrogens (tertiary/aromatic N) is 1. The lowest BCUT2D eigenvalue weighted by Crippen LogP contribution is -2.52. The fourth-order valence-electron chi connectivity index (χ4n) is 3.83. The fourth-order valence-corrected chi connectivity index (χ4v) is 4.15. The van der Waals surface area contributed by atoms with Gasteiger partial charge in [0.15, 0.2) is 0 Å². The summed E-state index contributed by atoms with van der Waals surface area (Å²) in [6.07, 6.45) is 0.470. The lowest BCUT2D eigenvalue weighted by atomic mass is 10.0. The molecule has 0 bridgehead atoms. The standard InChI is InChI=1S/C28H30Cl2N2O3/c1-19(2)31-28(34)26(16-20-8-5-4-6-9-20)32(18-22-10-7-11-23(14-22)35-3)27(33)17-21-12-13-24(29)25(30)15-21/h4-15,19,26H,16-18H2,1-3H3,(H,31,34)/t26-/m0/s1. The highest BCUT2D eigenvalue weighted by Gasteiger charge is 2.31. The van der Waals surface area contributed by atoms with Gasteiger partial charge in [0.2, 0.25) is 11.8 Å². The molecular formula is C28H30Cl2N2O3. The van der Waals surface area contributed by atoms with Crippen LogP contribution in [-0.4, -0.2) is 35.9 Å². The number of rotatable bonds is 10. The van der Waals surface area contributed by atoms with E-state index >= 15 is 0 Å². The SMILES string of the molecule is COc1cccc(CN(C(=O)Cc2ccc(Cl)c(Cl)c2)[C@@H](Cc2ccccc2)C(=O)NC(C)C)c1. The van der Waals surface area contributed by atoms with Crippen molar-refractivity contribution in [2.75, 3.05) is 7.11 Å². The predicted molar refractivity (Wildman–Crippen MR) is 141 cm³/mol. The first-order chi connectivity index (χ1) is 16.8. The van der Waals surface area contributed by atoms with Gasteiger partial charge in [-0.05, 0) is 54.8 Å². The van der Waals surface area contributed by atoms with Crippen LogP contribution in [0.4, 0.5) is 0 Å². The Bertz CT molecular complexity index is 1150. The zero-order chi connectivity index (χ0) is 25.4. The highest BCUT2D eigenvalue weighted by Crippen LogP contribution is 2.24. The van der Waals surface area contributed by atoms with Crippen LogP contribution in [0.25, 0.3) is 0 Å². The second-order valence-corrected chi connectivity index (χ2v) is 9.48. The van der Waals surface area contributed by atoms with Crippen LogP contribution in [0.2, 0.25) is 10.0 Å². The van der Waals surface area contributed by atoms with Crippen molar-refractivity contribution >= 4 is 35.0 Å². The summed E-state index contributed by atoms with van der Waals surface area (Å²) in [5.41, 5.74) is 2.56. The summed E-state index contributed by atoms with van der Waals surface area (Å²) >= 11 is 12.2. The van der Waals surface area contributed by atoms with E-state index in [0.29, 0.717) is 22.2 Å². The minimum Gasteiger partial charge on any atom is -0.497 e. The number of amides is 2. The van der Waals surface area contributed by atoms with Crippen LogP contribution in [-0.2, 0) is 29.0 Å². The molecule has 0 unspecified atom stereocenters. The number of carbonyl (C=O) groups is 2. The molecule has 0 fully saturated rings.